The first-order chi connectivity index (χ1) is 8.16. The van der Waals surface area contributed by atoms with E-state index in [4.69, 9.17) is 5.11 Å². The van der Waals surface area contributed by atoms with E-state index in [1.807, 2.05) is 27.7 Å². The zero-order chi connectivity index (χ0) is 14.3. The maximum absolute atomic E-state index is 11.8. The number of rotatable bonds is 6. The SMILES string of the molecule is CCCC(C)NC(=O)NC(CC(=O)O)C(C)(C)C. The Kier molecular flexibility index (Phi) is 6.73. The second kappa shape index (κ2) is 7.24. The zero-order valence-electron chi connectivity index (χ0n) is 12.0. The molecule has 0 aliphatic rings. The van der Waals surface area contributed by atoms with Crippen LogP contribution in [-0.4, -0.2) is 29.2 Å². The van der Waals surface area contributed by atoms with Gasteiger partial charge in [-0.2, -0.15) is 0 Å². The molecule has 0 radical (unpaired) electrons. The van der Waals surface area contributed by atoms with E-state index in [0.29, 0.717) is 0 Å². The van der Waals surface area contributed by atoms with Crippen molar-refractivity contribution in [1.29, 1.82) is 0 Å². The van der Waals surface area contributed by atoms with Gasteiger partial charge in [0.15, 0.2) is 0 Å². The van der Waals surface area contributed by atoms with Crippen molar-refractivity contribution in [1.82, 2.24) is 10.6 Å². The predicted molar refractivity (Wildman–Crippen MR) is 71.5 cm³/mol. The standard InChI is InChI=1S/C13H26N2O3/c1-6-7-9(2)14-12(18)15-10(8-11(16)17)13(3,4)5/h9-10H,6-8H2,1-5H3,(H,16,17)(H2,14,15,18). The fourth-order valence-corrected chi connectivity index (χ4v) is 1.68. The molecule has 0 rings (SSSR count). The highest BCUT2D eigenvalue weighted by Crippen LogP contribution is 2.21. The molecule has 5 heteroatoms. The summed E-state index contributed by atoms with van der Waals surface area (Å²) in [6.07, 6.45) is 1.84. The minimum atomic E-state index is -0.906. The molecule has 0 spiro atoms. The van der Waals surface area contributed by atoms with E-state index in [1.165, 1.54) is 0 Å². The summed E-state index contributed by atoms with van der Waals surface area (Å²) in [7, 11) is 0. The van der Waals surface area contributed by atoms with E-state index in [2.05, 4.69) is 17.6 Å². The molecule has 0 saturated heterocycles. The number of aliphatic carboxylic acids is 1. The number of nitrogens with one attached hydrogen (secondary N) is 2. The van der Waals surface area contributed by atoms with Gasteiger partial charge in [0.05, 0.1) is 6.42 Å². The lowest BCUT2D eigenvalue weighted by atomic mass is 9.85. The van der Waals surface area contributed by atoms with E-state index in [0.717, 1.165) is 12.8 Å². The van der Waals surface area contributed by atoms with E-state index in [9.17, 15) is 9.59 Å². The molecule has 0 saturated carbocycles. The van der Waals surface area contributed by atoms with Crippen molar-refractivity contribution >= 4 is 12.0 Å². The Morgan fingerprint density at radius 1 is 1.22 bits per heavy atom. The van der Waals surface area contributed by atoms with Crippen LogP contribution in [0.5, 0.6) is 0 Å². The molecule has 5 nitrogen and oxygen atoms in total. The number of amides is 2. The highest BCUT2D eigenvalue weighted by Gasteiger charge is 2.28. The lowest BCUT2D eigenvalue weighted by Gasteiger charge is -2.30. The van der Waals surface area contributed by atoms with Gasteiger partial charge in [0.1, 0.15) is 0 Å². The van der Waals surface area contributed by atoms with E-state index < -0.39 is 5.97 Å². The molecular formula is C13H26N2O3. The van der Waals surface area contributed by atoms with E-state index in [-0.39, 0.29) is 30.0 Å². The smallest absolute Gasteiger partial charge is 0.315 e. The van der Waals surface area contributed by atoms with Crippen molar-refractivity contribution in [2.75, 3.05) is 0 Å². The molecule has 0 aliphatic carbocycles. The lowest BCUT2D eigenvalue weighted by Crippen LogP contribution is -2.50. The molecule has 2 atom stereocenters. The largest absolute Gasteiger partial charge is 0.481 e. The van der Waals surface area contributed by atoms with Gasteiger partial charge in [-0.1, -0.05) is 34.1 Å². The molecule has 106 valence electrons. The van der Waals surface area contributed by atoms with E-state index >= 15 is 0 Å². The zero-order valence-corrected chi connectivity index (χ0v) is 12.0. The molecule has 0 heterocycles. The van der Waals surface area contributed by atoms with Crippen molar-refractivity contribution in [2.24, 2.45) is 5.41 Å². The van der Waals surface area contributed by atoms with Gasteiger partial charge in [0, 0.05) is 12.1 Å². The van der Waals surface area contributed by atoms with Gasteiger partial charge >= 0.3 is 12.0 Å². The third kappa shape index (κ3) is 7.14. The molecule has 0 aliphatic heterocycles. The van der Waals surface area contributed by atoms with Crippen LogP contribution in [0.1, 0.15) is 53.9 Å². The maximum atomic E-state index is 11.8. The maximum Gasteiger partial charge on any atom is 0.315 e. The Balaban J connectivity index is 4.40. The number of carbonyl (C=O) groups is 2. The fourth-order valence-electron chi connectivity index (χ4n) is 1.68. The van der Waals surface area contributed by atoms with Gasteiger partial charge in [-0.3, -0.25) is 4.79 Å². The Morgan fingerprint density at radius 2 is 1.78 bits per heavy atom. The monoisotopic (exact) mass is 258 g/mol. The van der Waals surface area contributed by atoms with Gasteiger partial charge in [-0.25, -0.2) is 4.79 Å². The van der Waals surface area contributed by atoms with Crippen LogP contribution in [0.15, 0.2) is 0 Å². The van der Waals surface area contributed by atoms with Crippen molar-refractivity contribution < 1.29 is 14.7 Å². The second-order valence-corrected chi connectivity index (χ2v) is 5.82. The average molecular weight is 258 g/mol. The summed E-state index contributed by atoms with van der Waals surface area (Å²) in [5, 5.41) is 14.4. The van der Waals surface area contributed by atoms with Gasteiger partial charge in [-0.15, -0.1) is 0 Å². The predicted octanol–water partition coefficient (Wildman–Crippen LogP) is 2.36. The quantitative estimate of drug-likeness (QED) is 0.684. The first-order valence-electron chi connectivity index (χ1n) is 6.45. The van der Waals surface area contributed by atoms with Crippen LogP contribution >= 0.6 is 0 Å². The van der Waals surface area contributed by atoms with Crippen LogP contribution in [0.2, 0.25) is 0 Å². The molecule has 0 aromatic heterocycles. The Morgan fingerprint density at radius 3 is 2.17 bits per heavy atom. The van der Waals surface area contributed by atoms with Crippen molar-refractivity contribution in [2.45, 2.75) is 66.0 Å². The fraction of sp³-hybridized carbons (Fsp3) is 0.846. The third-order valence-corrected chi connectivity index (χ3v) is 2.83. The minimum Gasteiger partial charge on any atom is -0.481 e. The van der Waals surface area contributed by atoms with Crippen LogP contribution in [0, 0.1) is 5.41 Å². The molecule has 2 unspecified atom stereocenters. The molecule has 0 bridgehead atoms. The molecule has 18 heavy (non-hydrogen) atoms. The summed E-state index contributed by atoms with van der Waals surface area (Å²) in [5.41, 5.74) is -0.288. The first-order valence-corrected chi connectivity index (χ1v) is 6.45. The summed E-state index contributed by atoms with van der Waals surface area (Å²) in [6, 6.07) is -0.582. The number of hydrogen-bond acceptors (Lipinski definition) is 2. The van der Waals surface area contributed by atoms with Crippen molar-refractivity contribution in [3.05, 3.63) is 0 Å². The molecule has 3 N–H and O–H groups in total. The topological polar surface area (TPSA) is 78.4 Å². The van der Waals surface area contributed by atoms with Crippen molar-refractivity contribution in [3.8, 4) is 0 Å². The summed E-state index contributed by atoms with van der Waals surface area (Å²) in [5.74, 6) is -0.906. The summed E-state index contributed by atoms with van der Waals surface area (Å²) in [4.78, 5) is 22.5. The highest BCUT2D eigenvalue weighted by atomic mass is 16.4. The highest BCUT2D eigenvalue weighted by molar-refractivity contribution is 5.76. The summed E-state index contributed by atoms with van der Waals surface area (Å²) in [6.45, 7) is 9.73. The number of carboxylic acid groups (broad SMARTS) is 1. The molecule has 0 fully saturated rings. The summed E-state index contributed by atoms with van der Waals surface area (Å²) >= 11 is 0. The van der Waals surface area contributed by atoms with Gasteiger partial charge in [0.25, 0.3) is 0 Å². The van der Waals surface area contributed by atoms with Crippen LogP contribution in [0.3, 0.4) is 0 Å². The molecule has 0 aromatic carbocycles. The second-order valence-electron chi connectivity index (χ2n) is 5.82. The third-order valence-electron chi connectivity index (χ3n) is 2.83. The number of urea groups is 1. The van der Waals surface area contributed by atoms with Crippen LogP contribution in [0.25, 0.3) is 0 Å². The van der Waals surface area contributed by atoms with Crippen molar-refractivity contribution in [3.63, 3.8) is 0 Å². The normalized spacial score (nSPS) is 14.7. The van der Waals surface area contributed by atoms with Crippen LogP contribution < -0.4 is 10.6 Å². The number of hydrogen-bond donors (Lipinski definition) is 3. The van der Waals surface area contributed by atoms with Gasteiger partial charge in [0.2, 0.25) is 0 Å². The molecule has 2 amide bonds. The first kappa shape index (κ1) is 16.7. The molecular weight excluding hydrogens is 232 g/mol. The molecule has 0 aromatic rings. The Hall–Kier alpha value is -1.26. The Labute approximate surface area is 109 Å². The van der Waals surface area contributed by atoms with Gasteiger partial charge < -0.3 is 15.7 Å². The Bertz CT molecular complexity index is 284. The van der Waals surface area contributed by atoms with Crippen LogP contribution in [0.4, 0.5) is 4.79 Å². The van der Waals surface area contributed by atoms with E-state index in [1.54, 1.807) is 0 Å². The minimum absolute atomic E-state index is 0.0704. The van der Waals surface area contributed by atoms with Crippen LogP contribution in [-0.2, 0) is 4.79 Å². The number of carboxylic acids is 1. The lowest BCUT2D eigenvalue weighted by molar-refractivity contribution is -0.138. The average Bonchev–Trinajstić information content (AvgIpc) is 2.14. The summed E-state index contributed by atoms with van der Waals surface area (Å²) < 4.78 is 0. The van der Waals surface area contributed by atoms with Gasteiger partial charge in [-0.05, 0) is 18.8 Å². The number of carbonyl (C=O) groups excluding carboxylic acids is 1.